The molecule has 2 aliphatic rings. The van der Waals surface area contributed by atoms with E-state index in [1.807, 2.05) is 24.3 Å². The molecule has 0 spiro atoms. The fourth-order valence-corrected chi connectivity index (χ4v) is 3.87. The maximum absolute atomic E-state index is 12.4. The number of anilines is 1. The van der Waals surface area contributed by atoms with E-state index >= 15 is 0 Å². The molecule has 1 N–H and O–H groups in total. The zero-order valence-corrected chi connectivity index (χ0v) is 14.8. The number of likely N-dealkylation sites (tertiary alicyclic amines) is 1. The lowest BCUT2D eigenvalue weighted by atomic mass is 9.81. The molecule has 2 atom stereocenters. The number of aryl methyl sites for hydroxylation is 1. The normalized spacial score (nSPS) is 22.8. The highest BCUT2D eigenvalue weighted by molar-refractivity contribution is 6.08. The Morgan fingerprint density at radius 3 is 2.24 bits per heavy atom. The number of nitrogens with one attached hydrogen (secondary N) is 1. The Morgan fingerprint density at radius 2 is 1.68 bits per heavy atom. The van der Waals surface area contributed by atoms with Gasteiger partial charge in [-0.05, 0) is 43.4 Å². The first kappa shape index (κ1) is 17.6. The van der Waals surface area contributed by atoms with Gasteiger partial charge in [-0.2, -0.15) is 0 Å². The van der Waals surface area contributed by atoms with E-state index in [1.54, 1.807) is 0 Å². The molecule has 5 heteroatoms. The lowest BCUT2D eigenvalue weighted by Crippen LogP contribution is -2.38. The molecule has 3 amide bonds. The summed E-state index contributed by atoms with van der Waals surface area (Å²) in [5, 5.41) is 2.79. The summed E-state index contributed by atoms with van der Waals surface area (Å²) < 4.78 is 0. The van der Waals surface area contributed by atoms with Crippen molar-refractivity contribution in [1.29, 1.82) is 0 Å². The molecule has 1 aromatic carbocycles. The molecule has 1 aromatic rings. The summed E-state index contributed by atoms with van der Waals surface area (Å²) >= 11 is 0. The van der Waals surface area contributed by atoms with E-state index in [9.17, 15) is 14.4 Å². The topological polar surface area (TPSA) is 66.5 Å². The molecule has 5 nitrogen and oxygen atoms in total. The third-order valence-corrected chi connectivity index (χ3v) is 5.29. The van der Waals surface area contributed by atoms with Gasteiger partial charge >= 0.3 is 0 Å². The minimum absolute atomic E-state index is 0.167. The molecule has 1 aliphatic heterocycles. The van der Waals surface area contributed by atoms with Crippen LogP contribution in [0.2, 0.25) is 0 Å². The quantitative estimate of drug-likeness (QED) is 0.808. The first-order valence-corrected chi connectivity index (χ1v) is 9.34. The number of unbranched alkanes of at least 4 members (excludes halogenated alkanes) is 1. The van der Waals surface area contributed by atoms with Crippen molar-refractivity contribution in [3.63, 3.8) is 0 Å². The number of benzene rings is 1. The van der Waals surface area contributed by atoms with Crippen molar-refractivity contribution in [2.75, 3.05) is 11.9 Å². The Kier molecular flexibility index (Phi) is 5.51. The zero-order chi connectivity index (χ0) is 17.8. The van der Waals surface area contributed by atoms with Gasteiger partial charge in [0.05, 0.1) is 11.8 Å². The van der Waals surface area contributed by atoms with Gasteiger partial charge in [-0.1, -0.05) is 38.3 Å². The average molecular weight is 342 g/mol. The number of imide groups is 1. The fourth-order valence-electron chi connectivity index (χ4n) is 3.87. The summed E-state index contributed by atoms with van der Waals surface area (Å²) in [6.45, 7) is 1.98. The first-order valence-electron chi connectivity index (χ1n) is 9.34. The predicted molar refractivity (Wildman–Crippen MR) is 95.9 cm³/mol. The number of hydrogen-bond acceptors (Lipinski definition) is 3. The number of amides is 3. The van der Waals surface area contributed by atoms with E-state index in [0.29, 0.717) is 5.69 Å². The van der Waals surface area contributed by atoms with Gasteiger partial charge in [-0.25, -0.2) is 0 Å². The molecular weight excluding hydrogens is 316 g/mol. The van der Waals surface area contributed by atoms with Crippen LogP contribution in [0.5, 0.6) is 0 Å². The smallest absolute Gasteiger partial charge is 0.244 e. The van der Waals surface area contributed by atoms with Gasteiger partial charge in [0.25, 0.3) is 0 Å². The maximum atomic E-state index is 12.4. The van der Waals surface area contributed by atoms with Crippen LogP contribution in [0.1, 0.15) is 51.0 Å². The van der Waals surface area contributed by atoms with Crippen molar-refractivity contribution < 1.29 is 14.4 Å². The van der Waals surface area contributed by atoms with Crippen molar-refractivity contribution in [3.05, 3.63) is 29.8 Å². The molecule has 1 saturated heterocycles. The molecule has 134 valence electrons. The number of carbonyl (C=O) groups is 3. The summed E-state index contributed by atoms with van der Waals surface area (Å²) in [6.07, 6.45) is 6.85. The molecule has 2 fully saturated rings. The monoisotopic (exact) mass is 342 g/mol. The van der Waals surface area contributed by atoms with Gasteiger partial charge in [0.1, 0.15) is 6.54 Å². The molecule has 0 bridgehead atoms. The van der Waals surface area contributed by atoms with Crippen molar-refractivity contribution in [2.24, 2.45) is 11.8 Å². The SMILES string of the molecule is CCCCc1ccc(NC(=O)CN2C(=O)[C@H]3CCCC[C@H]3C2=O)cc1. The molecule has 1 aliphatic carbocycles. The minimum atomic E-state index is -0.318. The van der Waals surface area contributed by atoms with Gasteiger partial charge in [0.2, 0.25) is 17.7 Å². The molecule has 25 heavy (non-hydrogen) atoms. The first-order chi connectivity index (χ1) is 12.1. The second-order valence-electron chi connectivity index (χ2n) is 7.11. The van der Waals surface area contributed by atoms with E-state index in [0.717, 1.165) is 49.8 Å². The summed E-state index contributed by atoms with van der Waals surface area (Å²) in [7, 11) is 0. The highest BCUT2D eigenvalue weighted by Gasteiger charge is 2.48. The molecule has 1 saturated carbocycles. The van der Waals surface area contributed by atoms with Crippen LogP contribution in [-0.2, 0) is 20.8 Å². The van der Waals surface area contributed by atoms with Crippen molar-refractivity contribution in [1.82, 2.24) is 4.90 Å². The van der Waals surface area contributed by atoms with Crippen LogP contribution in [0.15, 0.2) is 24.3 Å². The van der Waals surface area contributed by atoms with Gasteiger partial charge in [0, 0.05) is 5.69 Å². The number of nitrogens with zero attached hydrogens (tertiary/aromatic N) is 1. The van der Waals surface area contributed by atoms with Crippen molar-refractivity contribution >= 4 is 23.4 Å². The number of carbonyl (C=O) groups excluding carboxylic acids is 3. The third-order valence-electron chi connectivity index (χ3n) is 5.29. The number of rotatable bonds is 6. The summed E-state index contributed by atoms with van der Waals surface area (Å²) in [5.74, 6) is -1.06. The van der Waals surface area contributed by atoms with E-state index < -0.39 is 0 Å². The van der Waals surface area contributed by atoms with Crippen LogP contribution in [0, 0.1) is 11.8 Å². The van der Waals surface area contributed by atoms with Gasteiger partial charge in [-0.3, -0.25) is 19.3 Å². The third kappa shape index (κ3) is 3.91. The average Bonchev–Trinajstić information content (AvgIpc) is 2.86. The van der Waals surface area contributed by atoms with Crippen LogP contribution in [0.25, 0.3) is 0 Å². The Bertz CT molecular complexity index is 629. The van der Waals surface area contributed by atoms with E-state index in [4.69, 9.17) is 0 Å². The molecule has 0 radical (unpaired) electrons. The van der Waals surface area contributed by atoms with Crippen molar-refractivity contribution in [2.45, 2.75) is 51.9 Å². The summed E-state index contributed by atoms with van der Waals surface area (Å²) in [4.78, 5) is 38.2. The summed E-state index contributed by atoms with van der Waals surface area (Å²) in [6, 6.07) is 7.75. The van der Waals surface area contributed by atoms with E-state index in [-0.39, 0.29) is 36.1 Å². The van der Waals surface area contributed by atoms with Crippen LogP contribution in [-0.4, -0.2) is 29.2 Å². The van der Waals surface area contributed by atoms with Gasteiger partial charge in [-0.15, -0.1) is 0 Å². The Balaban J connectivity index is 1.57. The molecule has 0 aromatic heterocycles. The Hall–Kier alpha value is -2.17. The van der Waals surface area contributed by atoms with E-state index in [2.05, 4.69) is 12.2 Å². The van der Waals surface area contributed by atoms with Gasteiger partial charge in [0.15, 0.2) is 0 Å². The number of fused-ring (bicyclic) bond motifs is 1. The zero-order valence-electron chi connectivity index (χ0n) is 14.8. The van der Waals surface area contributed by atoms with Crippen LogP contribution < -0.4 is 5.32 Å². The standard InChI is InChI=1S/C20H26N2O3/c1-2-3-6-14-9-11-15(12-10-14)21-18(23)13-22-19(24)16-7-4-5-8-17(16)20(22)25/h9-12,16-17H,2-8,13H2,1H3,(H,21,23)/t16-,17+. The van der Waals surface area contributed by atoms with Crippen LogP contribution in [0.4, 0.5) is 5.69 Å². The molecule has 3 rings (SSSR count). The lowest BCUT2D eigenvalue weighted by molar-refractivity contribution is -0.142. The van der Waals surface area contributed by atoms with Gasteiger partial charge < -0.3 is 5.32 Å². The predicted octanol–water partition coefficient (Wildman–Crippen LogP) is 3.14. The Morgan fingerprint density at radius 1 is 1.08 bits per heavy atom. The summed E-state index contributed by atoms with van der Waals surface area (Å²) in [5.41, 5.74) is 1.94. The van der Waals surface area contributed by atoms with Crippen LogP contribution >= 0.6 is 0 Å². The fraction of sp³-hybridized carbons (Fsp3) is 0.550. The van der Waals surface area contributed by atoms with E-state index in [1.165, 1.54) is 5.56 Å². The molecule has 1 heterocycles. The largest absolute Gasteiger partial charge is 0.325 e. The second kappa shape index (κ2) is 7.81. The lowest BCUT2D eigenvalue weighted by Gasteiger charge is -2.19. The minimum Gasteiger partial charge on any atom is -0.325 e. The van der Waals surface area contributed by atoms with Crippen molar-refractivity contribution in [3.8, 4) is 0 Å². The number of hydrogen-bond donors (Lipinski definition) is 1. The molecular formula is C20H26N2O3. The van der Waals surface area contributed by atoms with Crippen LogP contribution in [0.3, 0.4) is 0 Å². The highest BCUT2D eigenvalue weighted by Crippen LogP contribution is 2.37. The highest BCUT2D eigenvalue weighted by atomic mass is 16.2. The molecule has 0 unspecified atom stereocenters. The Labute approximate surface area is 148 Å². The maximum Gasteiger partial charge on any atom is 0.244 e. The second-order valence-corrected chi connectivity index (χ2v) is 7.11.